The van der Waals surface area contributed by atoms with Gasteiger partial charge in [-0.15, -0.1) is 0 Å². The number of carbonyl (C=O) groups is 1. The van der Waals surface area contributed by atoms with Gasteiger partial charge >= 0.3 is 0 Å². The summed E-state index contributed by atoms with van der Waals surface area (Å²) in [5, 5.41) is 3.04. The third-order valence-corrected chi connectivity index (χ3v) is 6.67. The van der Waals surface area contributed by atoms with Crippen molar-refractivity contribution in [3.8, 4) is 11.5 Å². The van der Waals surface area contributed by atoms with Gasteiger partial charge in [0.25, 0.3) is 0 Å². The fourth-order valence-electron chi connectivity index (χ4n) is 3.20. The smallest absolute Gasteiger partial charge is 0.245 e. The molecule has 0 saturated carbocycles. The molecule has 3 aromatic carbocycles. The number of hydrogen-bond acceptors (Lipinski definition) is 5. The fourth-order valence-corrected chi connectivity index (χ4v) is 4.83. The molecule has 0 spiro atoms. The van der Waals surface area contributed by atoms with E-state index >= 15 is 0 Å². The molecule has 0 aromatic heterocycles. The van der Waals surface area contributed by atoms with Crippen molar-refractivity contribution in [2.45, 2.75) is 23.9 Å². The monoisotopic (exact) mass is 488 g/mol. The highest BCUT2D eigenvalue weighted by atomic mass is 35.5. The average Bonchev–Trinajstić information content (AvgIpc) is 2.83. The number of nitrogens with one attached hydrogen (secondary N) is 2. The molecule has 0 unspecified atom stereocenters. The van der Waals surface area contributed by atoms with Crippen LogP contribution in [-0.4, -0.2) is 34.6 Å². The van der Waals surface area contributed by atoms with Crippen LogP contribution < -0.4 is 19.5 Å². The van der Waals surface area contributed by atoms with Crippen molar-refractivity contribution in [1.82, 2.24) is 10.0 Å². The summed E-state index contributed by atoms with van der Waals surface area (Å²) < 4.78 is 39.2. The molecular formula is C24H25ClN2O5S. The van der Waals surface area contributed by atoms with E-state index in [9.17, 15) is 13.2 Å². The predicted octanol–water partition coefficient (Wildman–Crippen LogP) is 3.56. The molecule has 0 aliphatic heterocycles. The van der Waals surface area contributed by atoms with Crippen LogP contribution in [-0.2, 0) is 27.8 Å². The third-order valence-electron chi connectivity index (χ3n) is 4.94. The van der Waals surface area contributed by atoms with E-state index in [1.54, 1.807) is 19.2 Å². The van der Waals surface area contributed by atoms with E-state index in [4.69, 9.17) is 21.1 Å². The molecule has 3 rings (SSSR count). The molecule has 174 valence electrons. The number of carbonyl (C=O) groups excluding carboxylic acids is 1. The van der Waals surface area contributed by atoms with Gasteiger partial charge in [-0.2, -0.15) is 4.72 Å². The number of sulfonamides is 1. The predicted molar refractivity (Wildman–Crippen MR) is 127 cm³/mol. The van der Waals surface area contributed by atoms with Gasteiger partial charge in [0.1, 0.15) is 22.4 Å². The maximum absolute atomic E-state index is 13.2. The van der Waals surface area contributed by atoms with E-state index in [1.165, 1.54) is 25.3 Å². The number of benzene rings is 3. The van der Waals surface area contributed by atoms with Crippen molar-refractivity contribution in [1.29, 1.82) is 0 Å². The van der Waals surface area contributed by atoms with E-state index in [-0.39, 0.29) is 28.6 Å². The van der Waals surface area contributed by atoms with Crippen molar-refractivity contribution in [2.75, 3.05) is 14.2 Å². The highest BCUT2D eigenvalue weighted by Gasteiger charge is 2.28. The van der Waals surface area contributed by atoms with Crippen LogP contribution in [0.2, 0.25) is 5.02 Å². The molecule has 0 aliphatic rings. The summed E-state index contributed by atoms with van der Waals surface area (Å²) in [5.41, 5.74) is 1.66. The Balaban J connectivity index is 1.82. The highest BCUT2D eigenvalue weighted by molar-refractivity contribution is 7.89. The second-order valence-electron chi connectivity index (χ2n) is 7.22. The lowest BCUT2D eigenvalue weighted by atomic mass is 10.1. The van der Waals surface area contributed by atoms with Crippen LogP contribution in [0.1, 0.15) is 11.1 Å². The normalized spacial score (nSPS) is 12.1. The maximum atomic E-state index is 13.2. The van der Waals surface area contributed by atoms with Crippen LogP contribution in [0.25, 0.3) is 0 Å². The first-order chi connectivity index (χ1) is 15.8. The zero-order chi connectivity index (χ0) is 23.8. The Kier molecular flexibility index (Phi) is 8.32. The largest absolute Gasteiger partial charge is 0.497 e. The van der Waals surface area contributed by atoms with Crippen molar-refractivity contribution < 1.29 is 22.7 Å². The number of amides is 1. The van der Waals surface area contributed by atoms with Crippen molar-refractivity contribution in [2.24, 2.45) is 0 Å². The molecule has 9 heteroatoms. The summed E-state index contributed by atoms with van der Waals surface area (Å²) in [6.07, 6.45) is 0.164. The lowest BCUT2D eigenvalue weighted by molar-refractivity contribution is -0.122. The van der Waals surface area contributed by atoms with Gasteiger partial charge in [-0.25, -0.2) is 8.42 Å². The van der Waals surface area contributed by atoms with Crippen LogP contribution >= 0.6 is 11.6 Å². The minimum atomic E-state index is -4.12. The Bertz CT molecular complexity index is 1190. The van der Waals surface area contributed by atoms with Gasteiger partial charge in [0.15, 0.2) is 0 Å². The minimum absolute atomic E-state index is 0.129. The van der Waals surface area contributed by atoms with Gasteiger partial charge < -0.3 is 14.8 Å². The Morgan fingerprint density at radius 3 is 2.27 bits per heavy atom. The molecule has 0 radical (unpaired) electrons. The van der Waals surface area contributed by atoms with Crippen molar-refractivity contribution in [3.05, 3.63) is 88.9 Å². The minimum Gasteiger partial charge on any atom is -0.497 e. The van der Waals surface area contributed by atoms with Crippen LogP contribution in [0.3, 0.4) is 0 Å². The summed E-state index contributed by atoms with van der Waals surface area (Å²) in [4.78, 5) is 12.9. The summed E-state index contributed by atoms with van der Waals surface area (Å²) in [6.45, 7) is 0.232. The van der Waals surface area contributed by atoms with Crippen LogP contribution in [0.5, 0.6) is 11.5 Å². The molecule has 0 aliphatic carbocycles. The topological polar surface area (TPSA) is 93.7 Å². The molecule has 0 heterocycles. The third kappa shape index (κ3) is 6.71. The summed E-state index contributed by atoms with van der Waals surface area (Å²) in [5.74, 6) is 0.374. The van der Waals surface area contributed by atoms with Gasteiger partial charge in [-0.1, -0.05) is 54.1 Å². The number of rotatable bonds is 10. The fraction of sp³-hybridized carbons (Fsp3) is 0.208. The number of ether oxygens (including phenoxy) is 2. The first-order valence-electron chi connectivity index (χ1n) is 10.1. The van der Waals surface area contributed by atoms with Gasteiger partial charge in [-0.05, 0) is 47.9 Å². The number of methoxy groups -OCH3 is 2. The van der Waals surface area contributed by atoms with Gasteiger partial charge in [0, 0.05) is 11.6 Å². The van der Waals surface area contributed by atoms with Crippen LogP contribution in [0, 0.1) is 0 Å². The van der Waals surface area contributed by atoms with Crippen molar-refractivity contribution in [3.63, 3.8) is 0 Å². The lowest BCUT2D eigenvalue weighted by Crippen LogP contribution is -2.47. The number of halogens is 1. The molecule has 0 fully saturated rings. The van der Waals surface area contributed by atoms with Crippen molar-refractivity contribution >= 4 is 27.5 Å². The molecule has 1 amide bonds. The number of hydrogen-bond donors (Lipinski definition) is 2. The first-order valence-corrected chi connectivity index (χ1v) is 12.0. The Morgan fingerprint density at radius 2 is 1.64 bits per heavy atom. The van der Waals surface area contributed by atoms with E-state index in [1.807, 2.05) is 42.5 Å². The maximum Gasteiger partial charge on any atom is 0.245 e. The zero-order valence-corrected chi connectivity index (χ0v) is 19.8. The summed E-state index contributed by atoms with van der Waals surface area (Å²) in [6, 6.07) is 19.6. The SMILES string of the molecule is COc1ccc(CNC(=O)[C@H](Cc2ccccc2)NS(=O)(=O)c2cc(Cl)ccc2OC)cc1. The second kappa shape index (κ2) is 11.2. The molecule has 33 heavy (non-hydrogen) atoms. The molecule has 2 N–H and O–H groups in total. The lowest BCUT2D eigenvalue weighted by Gasteiger charge is -2.20. The highest BCUT2D eigenvalue weighted by Crippen LogP contribution is 2.27. The van der Waals surface area contributed by atoms with Gasteiger partial charge in [0.2, 0.25) is 15.9 Å². The van der Waals surface area contributed by atoms with E-state index in [0.29, 0.717) is 5.75 Å². The van der Waals surface area contributed by atoms with Gasteiger partial charge in [-0.3, -0.25) is 4.79 Å². The first kappa shape index (κ1) is 24.6. The molecule has 0 saturated heterocycles. The molecule has 0 bridgehead atoms. The molecule has 7 nitrogen and oxygen atoms in total. The van der Waals surface area contributed by atoms with Crippen LogP contribution in [0.15, 0.2) is 77.7 Å². The molecule has 1 atom stereocenters. The van der Waals surface area contributed by atoms with Gasteiger partial charge in [0.05, 0.1) is 14.2 Å². The van der Waals surface area contributed by atoms with Crippen LogP contribution in [0.4, 0.5) is 0 Å². The molecule has 3 aromatic rings. The summed E-state index contributed by atoms with van der Waals surface area (Å²) >= 11 is 6.01. The quantitative estimate of drug-likeness (QED) is 0.455. The van der Waals surface area contributed by atoms with E-state index in [0.717, 1.165) is 11.1 Å². The Morgan fingerprint density at radius 1 is 0.939 bits per heavy atom. The Labute approximate surface area is 198 Å². The zero-order valence-electron chi connectivity index (χ0n) is 18.2. The van der Waals surface area contributed by atoms with E-state index < -0.39 is 22.0 Å². The Hall–Kier alpha value is -3.07. The average molecular weight is 489 g/mol. The molecular weight excluding hydrogens is 464 g/mol. The second-order valence-corrected chi connectivity index (χ2v) is 9.34. The standard InChI is InChI=1S/C24H25ClN2O5S/c1-31-20-11-8-18(9-12-20)16-26-24(28)21(14-17-6-4-3-5-7-17)27-33(29,30)23-15-19(25)10-13-22(23)32-2/h3-13,15,21,27H,14,16H2,1-2H3,(H,26,28)/t21-/m0/s1. The van der Waals surface area contributed by atoms with E-state index in [2.05, 4.69) is 10.0 Å². The summed E-state index contributed by atoms with van der Waals surface area (Å²) in [7, 11) is -1.18.